The van der Waals surface area contributed by atoms with Crippen molar-refractivity contribution in [2.45, 2.75) is 13.3 Å². The molecule has 0 aliphatic rings. The number of rotatable bonds is 4. The SMILES string of the molecule is COc1c(Cl)cc(C)c(CCON)c1O. The van der Waals surface area contributed by atoms with Crippen LogP contribution in [-0.2, 0) is 11.3 Å². The van der Waals surface area contributed by atoms with E-state index in [0.29, 0.717) is 18.1 Å². The fraction of sp³-hybridized carbons (Fsp3) is 0.400. The van der Waals surface area contributed by atoms with Crippen LogP contribution >= 0.6 is 11.6 Å². The van der Waals surface area contributed by atoms with Crippen molar-refractivity contribution in [1.82, 2.24) is 0 Å². The number of aryl methyl sites for hydroxylation is 1. The number of hydrogen-bond acceptors (Lipinski definition) is 4. The monoisotopic (exact) mass is 231 g/mol. The molecule has 0 bridgehead atoms. The third-order valence-corrected chi connectivity index (χ3v) is 2.49. The summed E-state index contributed by atoms with van der Waals surface area (Å²) in [6.07, 6.45) is 0.516. The second kappa shape index (κ2) is 5.21. The highest BCUT2D eigenvalue weighted by Crippen LogP contribution is 2.39. The summed E-state index contributed by atoms with van der Waals surface area (Å²) in [5.41, 5.74) is 1.62. The lowest BCUT2D eigenvalue weighted by molar-refractivity contribution is 0.140. The van der Waals surface area contributed by atoms with Crippen LogP contribution in [0.25, 0.3) is 0 Å². The van der Waals surface area contributed by atoms with Crippen LogP contribution in [0, 0.1) is 6.92 Å². The Morgan fingerprint density at radius 2 is 2.20 bits per heavy atom. The lowest BCUT2D eigenvalue weighted by Crippen LogP contribution is -2.05. The van der Waals surface area contributed by atoms with E-state index < -0.39 is 0 Å². The Kier molecular flexibility index (Phi) is 4.20. The van der Waals surface area contributed by atoms with Crippen LogP contribution in [0.2, 0.25) is 5.02 Å². The molecule has 4 nitrogen and oxygen atoms in total. The summed E-state index contributed by atoms with van der Waals surface area (Å²) in [7, 11) is 1.46. The fourth-order valence-electron chi connectivity index (χ4n) is 1.45. The van der Waals surface area contributed by atoms with E-state index in [-0.39, 0.29) is 11.5 Å². The minimum atomic E-state index is 0.0551. The minimum absolute atomic E-state index is 0.0551. The average molecular weight is 232 g/mol. The number of halogens is 1. The first-order chi connectivity index (χ1) is 7.11. The maximum Gasteiger partial charge on any atom is 0.179 e. The number of aromatic hydroxyl groups is 1. The molecule has 1 rings (SSSR count). The number of methoxy groups -OCH3 is 1. The van der Waals surface area contributed by atoms with Crippen molar-refractivity contribution in [3.8, 4) is 11.5 Å². The lowest BCUT2D eigenvalue weighted by Gasteiger charge is -2.13. The molecule has 0 aliphatic heterocycles. The molecule has 0 amide bonds. The van der Waals surface area contributed by atoms with E-state index in [1.54, 1.807) is 6.07 Å². The van der Waals surface area contributed by atoms with Gasteiger partial charge in [0, 0.05) is 12.0 Å². The number of benzene rings is 1. The van der Waals surface area contributed by atoms with Gasteiger partial charge in [0.25, 0.3) is 0 Å². The van der Waals surface area contributed by atoms with E-state index in [9.17, 15) is 5.11 Å². The Labute approximate surface area is 93.5 Å². The van der Waals surface area contributed by atoms with Gasteiger partial charge in [-0.25, -0.2) is 5.90 Å². The summed E-state index contributed by atoms with van der Waals surface area (Å²) in [6.45, 7) is 2.19. The first-order valence-corrected chi connectivity index (χ1v) is 4.86. The molecule has 0 aliphatic carbocycles. The Hall–Kier alpha value is -0.970. The second-order valence-electron chi connectivity index (χ2n) is 3.16. The van der Waals surface area contributed by atoms with Gasteiger partial charge in [-0.3, -0.25) is 0 Å². The van der Waals surface area contributed by atoms with E-state index in [2.05, 4.69) is 4.84 Å². The van der Waals surface area contributed by atoms with E-state index in [1.807, 2.05) is 6.92 Å². The maximum atomic E-state index is 9.87. The molecule has 0 radical (unpaired) electrons. The van der Waals surface area contributed by atoms with Gasteiger partial charge in [0.2, 0.25) is 0 Å². The van der Waals surface area contributed by atoms with Crippen molar-refractivity contribution in [2.75, 3.05) is 13.7 Å². The van der Waals surface area contributed by atoms with E-state index in [4.69, 9.17) is 22.2 Å². The lowest BCUT2D eigenvalue weighted by atomic mass is 10.0. The highest BCUT2D eigenvalue weighted by Gasteiger charge is 2.14. The minimum Gasteiger partial charge on any atom is -0.504 e. The van der Waals surface area contributed by atoms with Gasteiger partial charge in [-0.05, 0) is 18.6 Å². The third kappa shape index (κ3) is 2.53. The van der Waals surface area contributed by atoms with Gasteiger partial charge in [-0.15, -0.1) is 0 Å². The maximum absolute atomic E-state index is 9.87. The zero-order valence-corrected chi connectivity index (χ0v) is 9.47. The normalized spacial score (nSPS) is 10.4. The molecule has 0 atom stereocenters. The predicted octanol–water partition coefficient (Wildman–Crippen LogP) is 1.80. The number of ether oxygens (including phenoxy) is 1. The van der Waals surface area contributed by atoms with Crippen LogP contribution in [0.3, 0.4) is 0 Å². The summed E-state index contributed by atoms with van der Waals surface area (Å²) in [5.74, 6) is 5.28. The Balaban J connectivity index is 3.14. The standard InChI is InChI=1S/C10H14ClNO3/c1-6-5-8(11)10(14-2)9(13)7(6)3-4-15-12/h5,13H,3-4,12H2,1-2H3. The smallest absolute Gasteiger partial charge is 0.179 e. The Morgan fingerprint density at radius 1 is 1.53 bits per heavy atom. The third-order valence-electron chi connectivity index (χ3n) is 2.21. The molecule has 3 N–H and O–H groups in total. The number of phenolic OH excluding ortho intramolecular Hbond substituents is 1. The molecule has 0 heterocycles. The number of hydrogen-bond donors (Lipinski definition) is 2. The van der Waals surface area contributed by atoms with Crippen molar-refractivity contribution < 1.29 is 14.7 Å². The number of phenols is 1. The van der Waals surface area contributed by atoms with Gasteiger partial charge < -0.3 is 14.7 Å². The van der Waals surface area contributed by atoms with Crippen LogP contribution in [0.15, 0.2) is 6.07 Å². The van der Waals surface area contributed by atoms with Gasteiger partial charge in [0.15, 0.2) is 11.5 Å². The molecule has 1 aromatic rings. The van der Waals surface area contributed by atoms with E-state index >= 15 is 0 Å². The van der Waals surface area contributed by atoms with Crippen LogP contribution in [-0.4, -0.2) is 18.8 Å². The Bertz CT molecular complexity index is 355. The first kappa shape index (κ1) is 12.1. The zero-order valence-electron chi connectivity index (χ0n) is 8.71. The van der Waals surface area contributed by atoms with Crippen molar-refractivity contribution in [3.05, 3.63) is 22.2 Å². The largest absolute Gasteiger partial charge is 0.504 e. The van der Waals surface area contributed by atoms with Gasteiger partial charge in [-0.1, -0.05) is 11.6 Å². The molecular formula is C10H14ClNO3. The molecule has 0 aromatic heterocycles. The first-order valence-electron chi connectivity index (χ1n) is 4.48. The van der Waals surface area contributed by atoms with Gasteiger partial charge in [0.05, 0.1) is 18.7 Å². The van der Waals surface area contributed by atoms with Crippen LogP contribution in [0.5, 0.6) is 11.5 Å². The van der Waals surface area contributed by atoms with Crippen LogP contribution < -0.4 is 10.6 Å². The Morgan fingerprint density at radius 3 is 2.73 bits per heavy atom. The van der Waals surface area contributed by atoms with Gasteiger partial charge in [0.1, 0.15) is 0 Å². The molecule has 1 aromatic carbocycles. The molecule has 84 valence electrons. The van der Waals surface area contributed by atoms with Gasteiger partial charge in [-0.2, -0.15) is 0 Å². The molecule has 0 spiro atoms. The number of nitrogens with two attached hydrogens (primary N) is 1. The predicted molar refractivity (Wildman–Crippen MR) is 58.2 cm³/mol. The van der Waals surface area contributed by atoms with Gasteiger partial charge >= 0.3 is 0 Å². The van der Waals surface area contributed by atoms with Crippen molar-refractivity contribution in [2.24, 2.45) is 5.90 Å². The van der Waals surface area contributed by atoms with Crippen molar-refractivity contribution in [1.29, 1.82) is 0 Å². The van der Waals surface area contributed by atoms with Crippen LogP contribution in [0.4, 0.5) is 0 Å². The molecule has 5 heteroatoms. The summed E-state index contributed by atoms with van der Waals surface area (Å²) in [6, 6.07) is 1.74. The molecular weight excluding hydrogens is 218 g/mol. The summed E-state index contributed by atoms with van der Waals surface area (Å²) >= 11 is 5.90. The highest BCUT2D eigenvalue weighted by molar-refractivity contribution is 6.32. The zero-order chi connectivity index (χ0) is 11.4. The summed E-state index contributed by atoms with van der Waals surface area (Å²) < 4.78 is 5.00. The van der Waals surface area contributed by atoms with Crippen LogP contribution in [0.1, 0.15) is 11.1 Å². The topological polar surface area (TPSA) is 64.7 Å². The molecule has 0 saturated heterocycles. The second-order valence-corrected chi connectivity index (χ2v) is 3.56. The fourth-order valence-corrected chi connectivity index (χ4v) is 1.78. The molecule has 0 fully saturated rings. The molecule has 15 heavy (non-hydrogen) atoms. The van der Waals surface area contributed by atoms with Crippen molar-refractivity contribution >= 4 is 11.6 Å². The molecule has 0 saturated carbocycles. The average Bonchev–Trinajstić information content (AvgIpc) is 2.17. The van der Waals surface area contributed by atoms with E-state index in [0.717, 1.165) is 11.1 Å². The quantitative estimate of drug-likeness (QED) is 0.776. The van der Waals surface area contributed by atoms with Crippen molar-refractivity contribution in [3.63, 3.8) is 0 Å². The van der Waals surface area contributed by atoms with E-state index in [1.165, 1.54) is 7.11 Å². The molecule has 0 unspecified atom stereocenters. The summed E-state index contributed by atoms with van der Waals surface area (Å²) in [4.78, 5) is 4.47. The highest BCUT2D eigenvalue weighted by atomic mass is 35.5. The summed E-state index contributed by atoms with van der Waals surface area (Å²) in [5, 5.41) is 10.3.